The molecule has 0 aliphatic carbocycles. The molecule has 0 radical (unpaired) electrons. The molecule has 7 nitrogen and oxygen atoms in total. The van der Waals surface area contributed by atoms with Crippen molar-refractivity contribution in [2.75, 3.05) is 37.8 Å². The lowest BCUT2D eigenvalue weighted by atomic mass is 10.1. The summed E-state index contributed by atoms with van der Waals surface area (Å²) in [6.45, 7) is 4.23. The van der Waals surface area contributed by atoms with Crippen molar-refractivity contribution < 1.29 is 23.5 Å². The van der Waals surface area contributed by atoms with Gasteiger partial charge in [0.1, 0.15) is 4.32 Å². The molecule has 5 rings (SSSR count). The summed E-state index contributed by atoms with van der Waals surface area (Å²) in [5.41, 5.74) is 2.89. The Kier molecular flexibility index (Phi) is 6.64. The Morgan fingerprint density at radius 3 is 2.47 bits per heavy atom. The van der Waals surface area contributed by atoms with Crippen LogP contribution in [0.4, 0.5) is 10.1 Å². The molecule has 176 valence electrons. The molecule has 0 saturated carbocycles. The van der Waals surface area contributed by atoms with Crippen LogP contribution in [0.15, 0.2) is 41.3 Å². The summed E-state index contributed by atoms with van der Waals surface area (Å²) in [5.74, 6) is -1.14. The van der Waals surface area contributed by atoms with Gasteiger partial charge in [-0.15, -0.1) is 0 Å². The SMILES string of the molecule is O=C1NC(=S)SC1=Cc1cc(F)c2c(c1)N(Cc1ccc(CN3CCOCC3)cc1)C(=O)CO2. The molecule has 0 unspecified atom stereocenters. The van der Waals surface area contributed by atoms with E-state index in [1.165, 1.54) is 16.5 Å². The third kappa shape index (κ3) is 5.00. The number of anilines is 1. The van der Waals surface area contributed by atoms with E-state index in [2.05, 4.69) is 22.3 Å². The highest BCUT2D eigenvalue weighted by atomic mass is 32.2. The number of amides is 2. The maximum absolute atomic E-state index is 14.9. The minimum atomic E-state index is -0.589. The molecule has 2 fully saturated rings. The normalized spacial score (nSPS) is 19.9. The number of carbonyl (C=O) groups is 2. The smallest absolute Gasteiger partial charge is 0.265 e. The van der Waals surface area contributed by atoms with Crippen LogP contribution in [0.1, 0.15) is 16.7 Å². The predicted octanol–water partition coefficient (Wildman–Crippen LogP) is 3.07. The zero-order valence-electron chi connectivity index (χ0n) is 18.2. The average molecular weight is 500 g/mol. The number of nitrogens with zero attached hydrogens (tertiary/aromatic N) is 2. The number of benzene rings is 2. The fourth-order valence-corrected chi connectivity index (χ4v) is 5.11. The van der Waals surface area contributed by atoms with Crippen LogP contribution in [0.3, 0.4) is 0 Å². The number of ether oxygens (including phenoxy) is 2. The molecule has 3 aliphatic heterocycles. The molecule has 2 amide bonds. The maximum atomic E-state index is 14.9. The van der Waals surface area contributed by atoms with Gasteiger partial charge in [0.2, 0.25) is 0 Å². The molecule has 0 spiro atoms. The first kappa shape index (κ1) is 23.0. The van der Waals surface area contributed by atoms with Crippen molar-refractivity contribution >= 4 is 51.9 Å². The fourth-order valence-electron chi connectivity index (χ4n) is 4.07. The quantitative estimate of drug-likeness (QED) is 0.501. The van der Waals surface area contributed by atoms with E-state index in [9.17, 15) is 14.0 Å². The van der Waals surface area contributed by atoms with Gasteiger partial charge in [0.15, 0.2) is 18.2 Å². The van der Waals surface area contributed by atoms with Gasteiger partial charge in [-0.25, -0.2) is 4.39 Å². The monoisotopic (exact) mass is 499 g/mol. The second-order valence-electron chi connectivity index (χ2n) is 8.18. The summed E-state index contributed by atoms with van der Waals surface area (Å²) in [7, 11) is 0. The van der Waals surface area contributed by atoms with Crippen LogP contribution in [0.5, 0.6) is 5.75 Å². The van der Waals surface area contributed by atoms with Crippen molar-refractivity contribution in [2.24, 2.45) is 0 Å². The molecule has 1 N–H and O–H groups in total. The lowest BCUT2D eigenvalue weighted by Crippen LogP contribution is -2.38. The molecule has 3 aliphatic rings. The number of halogens is 1. The molecule has 34 heavy (non-hydrogen) atoms. The topological polar surface area (TPSA) is 71.1 Å². The van der Waals surface area contributed by atoms with Crippen LogP contribution in [0, 0.1) is 5.82 Å². The summed E-state index contributed by atoms with van der Waals surface area (Å²) in [6.07, 6.45) is 1.56. The van der Waals surface area contributed by atoms with Gasteiger partial charge in [0, 0.05) is 19.6 Å². The van der Waals surface area contributed by atoms with Crippen molar-refractivity contribution in [1.82, 2.24) is 10.2 Å². The van der Waals surface area contributed by atoms with Crippen molar-refractivity contribution in [3.8, 4) is 5.75 Å². The summed E-state index contributed by atoms with van der Waals surface area (Å²) in [4.78, 5) is 28.9. The Morgan fingerprint density at radius 1 is 1.09 bits per heavy atom. The van der Waals surface area contributed by atoms with Crippen LogP contribution in [0.25, 0.3) is 6.08 Å². The van der Waals surface area contributed by atoms with Gasteiger partial charge < -0.3 is 19.7 Å². The lowest BCUT2D eigenvalue weighted by Gasteiger charge is -2.30. The highest BCUT2D eigenvalue weighted by Crippen LogP contribution is 2.38. The molecule has 0 aromatic heterocycles. The highest BCUT2D eigenvalue weighted by Gasteiger charge is 2.29. The minimum absolute atomic E-state index is 0.0322. The Morgan fingerprint density at radius 2 is 1.79 bits per heavy atom. The second kappa shape index (κ2) is 9.83. The van der Waals surface area contributed by atoms with Gasteiger partial charge in [0.05, 0.1) is 30.4 Å². The molecule has 0 bridgehead atoms. The second-order valence-corrected chi connectivity index (χ2v) is 9.90. The third-order valence-corrected chi connectivity index (χ3v) is 6.95. The molecule has 2 saturated heterocycles. The van der Waals surface area contributed by atoms with Crippen molar-refractivity contribution in [1.29, 1.82) is 0 Å². The van der Waals surface area contributed by atoms with E-state index in [0.29, 0.717) is 20.5 Å². The van der Waals surface area contributed by atoms with E-state index in [4.69, 9.17) is 21.7 Å². The lowest BCUT2D eigenvalue weighted by molar-refractivity contribution is -0.121. The maximum Gasteiger partial charge on any atom is 0.265 e. The van der Waals surface area contributed by atoms with Gasteiger partial charge in [-0.1, -0.05) is 48.2 Å². The van der Waals surface area contributed by atoms with Crippen molar-refractivity contribution in [2.45, 2.75) is 13.1 Å². The Hall–Kier alpha value is -2.79. The summed E-state index contributed by atoms with van der Waals surface area (Å²) in [5, 5.41) is 2.54. The number of hydrogen-bond donors (Lipinski definition) is 1. The van der Waals surface area contributed by atoms with E-state index in [1.54, 1.807) is 12.1 Å². The molecule has 10 heteroatoms. The van der Waals surface area contributed by atoms with Crippen LogP contribution >= 0.6 is 24.0 Å². The fraction of sp³-hybridized carbons (Fsp3) is 0.292. The largest absolute Gasteiger partial charge is 0.478 e. The Bertz CT molecular complexity index is 1180. The summed E-state index contributed by atoms with van der Waals surface area (Å²) >= 11 is 6.13. The van der Waals surface area contributed by atoms with Crippen LogP contribution in [0.2, 0.25) is 0 Å². The van der Waals surface area contributed by atoms with Gasteiger partial charge in [0.25, 0.3) is 11.8 Å². The molecule has 2 aromatic rings. The standard InChI is InChI=1S/C24H22FN3O4S2/c25-18-9-17(11-20-23(30)26-24(33)34-20)10-19-22(18)32-14-21(29)28(19)13-16-3-1-15(2-4-16)12-27-5-7-31-8-6-27/h1-4,9-11H,5-8,12-14H2,(H,26,30,33). The first-order valence-electron chi connectivity index (χ1n) is 10.9. The van der Waals surface area contributed by atoms with Crippen LogP contribution in [-0.2, 0) is 27.4 Å². The van der Waals surface area contributed by atoms with Gasteiger partial charge in [-0.05, 0) is 34.9 Å². The third-order valence-electron chi connectivity index (χ3n) is 5.79. The number of thiocarbonyl (C=S) groups is 1. The highest BCUT2D eigenvalue weighted by molar-refractivity contribution is 8.26. The zero-order valence-corrected chi connectivity index (χ0v) is 19.8. The average Bonchev–Trinajstić information content (AvgIpc) is 3.14. The van der Waals surface area contributed by atoms with Crippen LogP contribution < -0.4 is 15.0 Å². The van der Waals surface area contributed by atoms with E-state index in [1.807, 2.05) is 12.1 Å². The van der Waals surface area contributed by atoms with Gasteiger partial charge in [-0.2, -0.15) is 0 Å². The number of fused-ring (bicyclic) bond motifs is 1. The number of nitrogens with one attached hydrogen (secondary N) is 1. The first-order valence-corrected chi connectivity index (χ1v) is 12.1. The number of morpholine rings is 1. The molecule has 3 heterocycles. The molecular formula is C24H22FN3O4S2. The first-order chi connectivity index (χ1) is 16.5. The Labute approximate surface area is 205 Å². The summed E-state index contributed by atoms with van der Waals surface area (Å²) < 4.78 is 26.0. The van der Waals surface area contributed by atoms with Gasteiger partial charge in [-0.3, -0.25) is 14.5 Å². The van der Waals surface area contributed by atoms with E-state index in [0.717, 1.165) is 50.2 Å². The van der Waals surface area contributed by atoms with Gasteiger partial charge >= 0.3 is 0 Å². The number of thioether (sulfide) groups is 1. The van der Waals surface area contributed by atoms with Crippen molar-refractivity contribution in [3.05, 3.63) is 63.8 Å². The van der Waals surface area contributed by atoms with E-state index < -0.39 is 5.82 Å². The minimum Gasteiger partial charge on any atom is -0.478 e. The van der Waals surface area contributed by atoms with E-state index in [-0.39, 0.29) is 30.7 Å². The predicted molar refractivity (Wildman–Crippen MR) is 132 cm³/mol. The molecular weight excluding hydrogens is 477 g/mol. The van der Waals surface area contributed by atoms with E-state index >= 15 is 0 Å². The zero-order chi connectivity index (χ0) is 23.7. The van der Waals surface area contributed by atoms with Crippen molar-refractivity contribution in [3.63, 3.8) is 0 Å². The van der Waals surface area contributed by atoms with Crippen LogP contribution in [-0.4, -0.2) is 53.9 Å². The number of rotatable bonds is 5. The summed E-state index contributed by atoms with van der Waals surface area (Å²) in [6, 6.07) is 11.0. The molecule has 0 atom stereocenters. The molecule has 2 aromatic carbocycles. The number of hydrogen-bond acceptors (Lipinski definition) is 7. The Balaban J connectivity index is 1.37. The number of carbonyl (C=O) groups excluding carboxylic acids is 2.